The molecule has 0 bridgehead atoms. The molecule has 114 valence electrons. The Kier molecular flexibility index (Phi) is 5.33. The van der Waals surface area contributed by atoms with Crippen LogP contribution in [0.4, 0.5) is 10.1 Å². The lowest BCUT2D eigenvalue weighted by atomic mass is 10.0. The Balaban J connectivity index is 2.17. The SMILES string of the molecule is CCOC1CCN(c2c(F)cccc2/C=C/C(=O)O)CC1. The fourth-order valence-corrected chi connectivity index (χ4v) is 2.64. The predicted octanol–water partition coefficient (Wildman–Crippen LogP) is 2.93. The first-order valence-electron chi connectivity index (χ1n) is 7.18. The van der Waals surface area contributed by atoms with Gasteiger partial charge in [-0.15, -0.1) is 0 Å². The third-order valence-electron chi connectivity index (χ3n) is 3.58. The number of hydrogen-bond donors (Lipinski definition) is 1. The summed E-state index contributed by atoms with van der Waals surface area (Å²) in [5.41, 5.74) is 1.07. The van der Waals surface area contributed by atoms with Crippen LogP contribution >= 0.6 is 0 Å². The monoisotopic (exact) mass is 293 g/mol. The molecule has 2 rings (SSSR count). The lowest BCUT2D eigenvalue weighted by Gasteiger charge is -2.34. The average molecular weight is 293 g/mol. The quantitative estimate of drug-likeness (QED) is 0.848. The van der Waals surface area contributed by atoms with E-state index in [0.29, 0.717) is 30.9 Å². The van der Waals surface area contributed by atoms with Crippen LogP contribution in [-0.4, -0.2) is 36.9 Å². The van der Waals surface area contributed by atoms with E-state index in [-0.39, 0.29) is 11.9 Å². The van der Waals surface area contributed by atoms with Crippen LogP contribution in [0.1, 0.15) is 25.3 Å². The fraction of sp³-hybridized carbons (Fsp3) is 0.438. The molecular formula is C16H20FNO3. The molecule has 0 saturated carbocycles. The molecule has 0 radical (unpaired) electrons. The summed E-state index contributed by atoms with van der Waals surface area (Å²) in [5, 5.41) is 8.73. The number of carbonyl (C=O) groups is 1. The predicted molar refractivity (Wildman–Crippen MR) is 79.9 cm³/mol. The van der Waals surface area contributed by atoms with Gasteiger partial charge >= 0.3 is 5.97 Å². The van der Waals surface area contributed by atoms with Gasteiger partial charge in [-0.3, -0.25) is 0 Å². The summed E-state index contributed by atoms with van der Waals surface area (Å²) in [5.74, 6) is -1.36. The van der Waals surface area contributed by atoms with Crippen LogP contribution in [-0.2, 0) is 9.53 Å². The van der Waals surface area contributed by atoms with Crippen molar-refractivity contribution in [2.75, 3.05) is 24.6 Å². The van der Waals surface area contributed by atoms with Crippen molar-refractivity contribution in [3.8, 4) is 0 Å². The Bertz CT molecular complexity index is 522. The van der Waals surface area contributed by atoms with Crippen LogP contribution in [0.2, 0.25) is 0 Å². The minimum absolute atomic E-state index is 0.232. The highest BCUT2D eigenvalue weighted by Gasteiger charge is 2.22. The zero-order chi connectivity index (χ0) is 15.2. The normalized spacial score (nSPS) is 16.6. The number of carboxylic acid groups (broad SMARTS) is 1. The minimum atomic E-state index is -1.04. The topological polar surface area (TPSA) is 49.8 Å². The van der Waals surface area contributed by atoms with Crippen molar-refractivity contribution in [3.63, 3.8) is 0 Å². The number of hydrogen-bond acceptors (Lipinski definition) is 3. The van der Waals surface area contributed by atoms with E-state index in [1.807, 2.05) is 11.8 Å². The molecule has 1 aliphatic rings. The average Bonchev–Trinajstić information content (AvgIpc) is 2.46. The summed E-state index contributed by atoms with van der Waals surface area (Å²) in [6, 6.07) is 4.72. The Labute approximate surface area is 123 Å². The second-order valence-electron chi connectivity index (χ2n) is 4.99. The zero-order valence-corrected chi connectivity index (χ0v) is 12.1. The Morgan fingerprint density at radius 3 is 2.81 bits per heavy atom. The molecule has 5 heteroatoms. The molecule has 21 heavy (non-hydrogen) atoms. The number of anilines is 1. The van der Waals surface area contributed by atoms with Gasteiger partial charge in [0, 0.05) is 31.3 Å². The molecule has 1 saturated heterocycles. The van der Waals surface area contributed by atoms with Gasteiger partial charge in [0.15, 0.2) is 0 Å². The maximum atomic E-state index is 14.2. The van der Waals surface area contributed by atoms with Crippen molar-refractivity contribution < 1.29 is 19.0 Å². The van der Waals surface area contributed by atoms with E-state index in [9.17, 15) is 9.18 Å². The Morgan fingerprint density at radius 1 is 1.48 bits per heavy atom. The van der Waals surface area contributed by atoms with E-state index in [2.05, 4.69) is 0 Å². The molecule has 1 heterocycles. The molecule has 1 aliphatic heterocycles. The van der Waals surface area contributed by atoms with Crippen LogP contribution in [0.5, 0.6) is 0 Å². The smallest absolute Gasteiger partial charge is 0.328 e. The minimum Gasteiger partial charge on any atom is -0.478 e. The molecule has 0 atom stereocenters. The second-order valence-corrected chi connectivity index (χ2v) is 4.99. The van der Waals surface area contributed by atoms with Gasteiger partial charge in [-0.2, -0.15) is 0 Å². The van der Waals surface area contributed by atoms with E-state index >= 15 is 0 Å². The van der Waals surface area contributed by atoms with Gasteiger partial charge in [-0.05, 0) is 31.9 Å². The van der Waals surface area contributed by atoms with E-state index < -0.39 is 5.97 Å². The van der Waals surface area contributed by atoms with Crippen LogP contribution in [0, 0.1) is 5.82 Å². The van der Waals surface area contributed by atoms with Crippen molar-refractivity contribution >= 4 is 17.7 Å². The maximum Gasteiger partial charge on any atom is 0.328 e. The number of piperidine rings is 1. The van der Waals surface area contributed by atoms with Crippen LogP contribution in [0.25, 0.3) is 6.08 Å². The summed E-state index contributed by atoms with van der Waals surface area (Å²) in [6.07, 6.45) is 4.41. The lowest BCUT2D eigenvalue weighted by molar-refractivity contribution is -0.131. The molecule has 0 aliphatic carbocycles. The first-order chi connectivity index (χ1) is 10.1. The number of halogens is 1. The van der Waals surface area contributed by atoms with Crippen molar-refractivity contribution in [2.45, 2.75) is 25.9 Å². The summed E-state index contributed by atoms with van der Waals surface area (Å²) in [4.78, 5) is 12.6. The van der Waals surface area contributed by atoms with Gasteiger partial charge in [0.1, 0.15) is 5.82 Å². The van der Waals surface area contributed by atoms with E-state index in [1.54, 1.807) is 12.1 Å². The maximum absolute atomic E-state index is 14.2. The molecular weight excluding hydrogens is 273 g/mol. The number of aliphatic carboxylic acids is 1. The van der Waals surface area contributed by atoms with Crippen LogP contribution < -0.4 is 4.90 Å². The van der Waals surface area contributed by atoms with Gasteiger partial charge in [0.2, 0.25) is 0 Å². The highest BCUT2D eigenvalue weighted by molar-refractivity contribution is 5.87. The van der Waals surface area contributed by atoms with Gasteiger partial charge in [0.05, 0.1) is 11.8 Å². The van der Waals surface area contributed by atoms with Crippen molar-refractivity contribution in [3.05, 3.63) is 35.7 Å². The molecule has 0 spiro atoms. The van der Waals surface area contributed by atoms with Gasteiger partial charge in [0.25, 0.3) is 0 Å². The van der Waals surface area contributed by atoms with Gasteiger partial charge in [-0.25, -0.2) is 9.18 Å². The van der Waals surface area contributed by atoms with E-state index in [4.69, 9.17) is 9.84 Å². The number of nitrogens with zero attached hydrogens (tertiary/aromatic N) is 1. The molecule has 1 N–H and O–H groups in total. The largest absolute Gasteiger partial charge is 0.478 e. The molecule has 1 aromatic carbocycles. The molecule has 1 fully saturated rings. The highest BCUT2D eigenvalue weighted by Crippen LogP contribution is 2.29. The Hall–Kier alpha value is -1.88. The number of rotatable bonds is 5. The molecule has 0 aromatic heterocycles. The number of carboxylic acids is 1. The van der Waals surface area contributed by atoms with Crippen molar-refractivity contribution in [1.82, 2.24) is 0 Å². The number of para-hydroxylation sites is 1. The molecule has 0 unspecified atom stereocenters. The van der Waals surface area contributed by atoms with Crippen molar-refractivity contribution in [2.24, 2.45) is 0 Å². The van der Waals surface area contributed by atoms with Gasteiger partial charge < -0.3 is 14.7 Å². The number of benzene rings is 1. The summed E-state index contributed by atoms with van der Waals surface area (Å²) >= 11 is 0. The third-order valence-corrected chi connectivity index (χ3v) is 3.58. The zero-order valence-electron chi connectivity index (χ0n) is 12.1. The first kappa shape index (κ1) is 15.5. The van der Waals surface area contributed by atoms with Crippen LogP contribution in [0.3, 0.4) is 0 Å². The highest BCUT2D eigenvalue weighted by atomic mass is 19.1. The molecule has 1 aromatic rings. The number of ether oxygens (including phenoxy) is 1. The first-order valence-corrected chi connectivity index (χ1v) is 7.18. The second kappa shape index (κ2) is 7.22. The Morgan fingerprint density at radius 2 is 2.19 bits per heavy atom. The third kappa shape index (κ3) is 4.04. The van der Waals surface area contributed by atoms with E-state index in [0.717, 1.165) is 18.9 Å². The van der Waals surface area contributed by atoms with Crippen LogP contribution in [0.15, 0.2) is 24.3 Å². The molecule has 4 nitrogen and oxygen atoms in total. The van der Waals surface area contributed by atoms with Crippen molar-refractivity contribution in [1.29, 1.82) is 0 Å². The summed E-state index contributed by atoms with van der Waals surface area (Å²) in [6.45, 7) is 4.08. The summed E-state index contributed by atoms with van der Waals surface area (Å²) < 4.78 is 19.7. The van der Waals surface area contributed by atoms with E-state index in [1.165, 1.54) is 12.1 Å². The lowest BCUT2D eigenvalue weighted by Crippen LogP contribution is -2.37. The fourth-order valence-electron chi connectivity index (χ4n) is 2.64. The molecule has 0 amide bonds. The summed E-state index contributed by atoms with van der Waals surface area (Å²) in [7, 11) is 0. The van der Waals surface area contributed by atoms with Gasteiger partial charge in [-0.1, -0.05) is 12.1 Å². The standard InChI is InChI=1S/C16H20FNO3/c1-2-21-13-8-10-18(11-9-13)16-12(6-7-15(19)20)4-3-5-14(16)17/h3-7,13H,2,8-11H2,1H3,(H,19,20)/b7-6+.